The van der Waals surface area contributed by atoms with Gasteiger partial charge in [0, 0.05) is 23.6 Å². The molecule has 0 fully saturated rings. The molecule has 3 rings (SSSR count). The summed E-state index contributed by atoms with van der Waals surface area (Å²) in [6.45, 7) is 7.03. The molecule has 0 aliphatic rings. The van der Waals surface area contributed by atoms with Crippen LogP contribution in [0.15, 0.2) is 54.7 Å². The number of carbonyl (C=O) groups is 1. The molecular formula is C21H23NO3. The Morgan fingerprint density at radius 1 is 1.12 bits per heavy atom. The number of benzene rings is 2. The lowest BCUT2D eigenvalue weighted by Gasteiger charge is -2.10. The number of rotatable bonds is 6. The molecule has 0 N–H and O–H groups in total. The van der Waals surface area contributed by atoms with Gasteiger partial charge in [0.05, 0.1) is 18.3 Å². The highest BCUT2D eigenvalue weighted by atomic mass is 16.5. The fourth-order valence-corrected chi connectivity index (χ4v) is 2.85. The van der Waals surface area contributed by atoms with Crippen molar-refractivity contribution in [3.8, 4) is 5.75 Å². The highest BCUT2D eigenvalue weighted by molar-refractivity contribution is 5.89. The van der Waals surface area contributed by atoms with Gasteiger partial charge in [-0.05, 0) is 62.7 Å². The number of carbonyl (C=O) groups excluding carboxylic acids is 1. The van der Waals surface area contributed by atoms with E-state index in [1.807, 2.05) is 51.1 Å². The summed E-state index contributed by atoms with van der Waals surface area (Å²) < 4.78 is 13.0. The van der Waals surface area contributed by atoms with E-state index in [0.717, 1.165) is 22.2 Å². The van der Waals surface area contributed by atoms with E-state index in [1.165, 1.54) is 0 Å². The van der Waals surface area contributed by atoms with Crippen LogP contribution in [0.1, 0.15) is 36.7 Å². The summed E-state index contributed by atoms with van der Waals surface area (Å²) in [5, 5.41) is 1.14. The van der Waals surface area contributed by atoms with Gasteiger partial charge in [-0.15, -0.1) is 0 Å². The molecular weight excluding hydrogens is 314 g/mol. The number of hydrogen-bond acceptors (Lipinski definition) is 3. The first kappa shape index (κ1) is 17.1. The second-order valence-corrected chi connectivity index (χ2v) is 6.25. The van der Waals surface area contributed by atoms with Crippen LogP contribution in [0, 0.1) is 0 Å². The first-order valence-electron chi connectivity index (χ1n) is 8.58. The standard InChI is InChI=1S/C21H23NO3/c1-4-24-19-8-9-20-17(13-19)10-11-22(20)14-16-6-5-7-18(12-16)21(23)25-15(2)3/h5-13,15H,4,14H2,1-3H3. The minimum atomic E-state index is -0.282. The molecule has 0 unspecified atom stereocenters. The summed E-state index contributed by atoms with van der Waals surface area (Å²) in [7, 11) is 0. The third-order valence-corrected chi connectivity index (χ3v) is 3.91. The summed E-state index contributed by atoms with van der Waals surface area (Å²) in [4.78, 5) is 12.1. The Hall–Kier alpha value is -2.75. The highest BCUT2D eigenvalue weighted by Gasteiger charge is 2.10. The monoisotopic (exact) mass is 337 g/mol. The van der Waals surface area contributed by atoms with E-state index in [1.54, 1.807) is 6.07 Å². The largest absolute Gasteiger partial charge is 0.494 e. The summed E-state index contributed by atoms with van der Waals surface area (Å²) in [6, 6.07) is 15.8. The van der Waals surface area contributed by atoms with E-state index in [-0.39, 0.29) is 12.1 Å². The van der Waals surface area contributed by atoms with E-state index < -0.39 is 0 Å². The van der Waals surface area contributed by atoms with Crippen LogP contribution >= 0.6 is 0 Å². The average Bonchev–Trinajstić information content (AvgIpc) is 2.97. The number of esters is 1. The maximum atomic E-state index is 12.1. The molecule has 1 aromatic heterocycles. The van der Waals surface area contributed by atoms with Crippen LogP contribution in [0.5, 0.6) is 5.75 Å². The molecule has 0 saturated carbocycles. The lowest BCUT2D eigenvalue weighted by Crippen LogP contribution is -2.12. The highest BCUT2D eigenvalue weighted by Crippen LogP contribution is 2.23. The van der Waals surface area contributed by atoms with Crippen LogP contribution < -0.4 is 4.74 Å². The quantitative estimate of drug-likeness (QED) is 0.615. The zero-order chi connectivity index (χ0) is 17.8. The third kappa shape index (κ3) is 4.02. The molecule has 25 heavy (non-hydrogen) atoms. The van der Waals surface area contributed by atoms with Crippen LogP contribution in [0.2, 0.25) is 0 Å². The lowest BCUT2D eigenvalue weighted by atomic mass is 10.1. The molecule has 0 amide bonds. The van der Waals surface area contributed by atoms with Crippen molar-refractivity contribution in [2.45, 2.75) is 33.4 Å². The van der Waals surface area contributed by atoms with Crippen LogP contribution in [0.4, 0.5) is 0 Å². The third-order valence-electron chi connectivity index (χ3n) is 3.91. The van der Waals surface area contributed by atoms with Gasteiger partial charge in [0.25, 0.3) is 0 Å². The maximum Gasteiger partial charge on any atom is 0.338 e. The van der Waals surface area contributed by atoms with Crippen molar-refractivity contribution in [3.05, 3.63) is 65.9 Å². The summed E-state index contributed by atoms with van der Waals surface area (Å²) in [6.07, 6.45) is 1.93. The minimum Gasteiger partial charge on any atom is -0.494 e. The molecule has 0 bridgehead atoms. The number of ether oxygens (including phenoxy) is 2. The summed E-state index contributed by atoms with van der Waals surface area (Å²) >= 11 is 0. The number of hydrogen-bond donors (Lipinski definition) is 0. The molecule has 0 saturated heterocycles. The fourth-order valence-electron chi connectivity index (χ4n) is 2.85. The van der Waals surface area contributed by atoms with Gasteiger partial charge in [0.2, 0.25) is 0 Å². The van der Waals surface area contributed by atoms with Crippen LogP contribution in [-0.4, -0.2) is 23.2 Å². The second kappa shape index (κ2) is 7.43. The van der Waals surface area contributed by atoms with Crippen molar-refractivity contribution in [3.63, 3.8) is 0 Å². The van der Waals surface area contributed by atoms with Gasteiger partial charge in [-0.1, -0.05) is 12.1 Å². The molecule has 4 nitrogen and oxygen atoms in total. The van der Waals surface area contributed by atoms with Gasteiger partial charge >= 0.3 is 5.97 Å². The average molecular weight is 337 g/mol. The van der Waals surface area contributed by atoms with Crippen molar-refractivity contribution in [2.75, 3.05) is 6.61 Å². The van der Waals surface area contributed by atoms with E-state index in [0.29, 0.717) is 18.7 Å². The minimum absolute atomic E-state index is 0.121. The van der Waals surface area contributed by atoms with Crippen molar-refractivity contribution >= 4 is 16.9 Å². The molecule has 0 radical (unpaired) electrons. The van der Waals surface area contributed by atoms with Crippen molar-refractivity contribution < 1.29 is 14.3 Å². The molecule has 0 aliphatic carbocycles. The maximum absolute atomic E-state index is 12.1. The van der Waals surface area contributed by atoms with Gasteiger partial charge < -0.3 is 14.0 Å². The van der Waals surface area contributed by atoms with E-state index in [2.05, 4.69) is 22.9 Å². The Bertz CT molecular complexity index is 880. The van der Waals surface area contributed by atoms with Gasteiger partial charge in [0.15, 0.2) is 0 Å². The Morgan fingerprint density at radius 2 is 1.96 bits per heavy atom. The molecule has 130 valence electrons. The molecule has 3 aromatic rings. The van der Waals surface area contributed by atoms with Crippen molar-refractivity contribution in [1.82, 2.24) is 4.57 Å². The zero-order valence-electron chi connectivity index (χ0n) is 14.9. The summed E-state index contributed by atoms with van der Waals surface area (Å²) in [5.41, 5.74) is 2.78. The number of fused-ring (bicyclic) bond motifs is 1. The molecule has 0 atom stereocenters. The topological polar surface area (TPSA) is 40.5 Å². The van der Waals surface area contributed by atoms with E-state index in [4.69, 9.17) is 9.47 Å². The predicted octanol–water partition coefficient (Wildman–Crippen LogP) is 4.65. The van der Waals surface area contributed by atoms with Gasteiger partial charge in [0.1, 0.15) is 5.75 Å². The Labute approximate surface area is 148 Å². The molecule has 2 aromatic carbocycles. The normalized spacial score (nSPS) is 11.0. The SMILES string of the molecule is CCOc1ccc2c(ccn2Cc2cccc(C(=O)OC(C)C)c2)c1. The van der Waals surface area contributed by atoms with Crippen molar-refractivity contribution in [2.24, 2.45) is 0 Å². The first-order chi connectivity index (χ1) is 12.1. The van der Waals surface area contributed by atoms with E-state index in [9.17, 15) is 4.79 Å². The van der Waals surface area contributed by atoms with Crippen LogP contribution in [0.25, 0.3) is 10.9 Å². The fraction of sp³-hybridized carbons (Fsp3) is 0.286. The molecule has 0 spiro atoms. The van der Waals surface area contributed by atoms with Crippen LogP contribution in [0.3, 0.4) is 0 Å². The predicted molar refractivity (Wildman–Crippen MR) is 99.2 cm³/mol. The first-order valence-corrected chi connectivity index (χ1v) is 8.58. The zero-order valence-corrected chi connectivity index (χ0v) is 14.9. The molecule has 1 heterocycles. The Morgan fingerprint density at radius 3 is 2.72 bits per heavy atom. The van der Waals surface area contributed by atoms with Gasteiger partial charge in [-0.2, -0.15) is 0 Å². The molecule has 0 aliphatic heterocycles. The number of nitrogens with zero attached hydrogens (tertiary/aromatic N) is 1. The van der Waals surface area contributed by atoms with Gasteiger partial charge in [-0.25, -0.2) is 4.79 Å². The van der Waals surface area contributed by atoms with E-state index >= 15 is 0 Å². The molecule has 4 heteroatoms. The lowest BCUT2D eigenvalue weighted by molar-refractivity contribution is 0.0378. The smallest absolute Gasteiger partial charge is 0.338 e. The van der Waals surface area contributed by atoms with Gasteiger partial charge in [-0.3, -0.25) is 0 Å². The van der Waals surface area contributed by atoms with Crippen LogP contribution in [-0.2, 0) is 11.3 Å². The summed E-state index contributed by atoms with van der Waals surface area (Å²) in [5.74, 6) is 0.599. The van der Waals surface area contributed by atoms with Crippen molar-refractivity contribution in [1.29, 1.82) is 0 Å². The Balaban J connectivity index is 1.83. The Kier molecular flexibility index (Phi) is 5.08. The second-order valence-electron chi connectivity index (χ2n) is 6.25. The number of aromatic nitrogens is 1.